The number of halogens is 1. The third-order valence-corrected chi connectivity index (χ3v) is 4.57. The number of carbonyl (C=O) groups excluding carboxylic acids is 2. The maximum Gasteiger partial charge on any atom is 0.242 e. The lowest BCUT2D eigenvalue weighted by molar-refractivity contribution is -0.139. The van der Waals surface area contributed by atoms with Gasteiger partial charge in [-0.15, -0.1) is 0 Å². The maximum atomic E-state index is 12.8. The molecule has 1 unspecified atom stereocenters. The van der Waals surface area contributed by atoms with E-state index >= 15 is 0 Å². The molecule has 0 aromatic heterocycles. The van der Waals surface area contributed by atoms with E-state index in [4.69, 9.17) is 11.6 Å². The van der Waals surface area contributed by atoms with Crippen molar-refractivity contribution in [3.63, 3.8) is 0 Å². The molecule has 4 nitrogen and oxygen atoms in total. The predicted octanol–water partition coefficient (Wildman–Crippen LogP) is 3.09. The van der Waals surface area contributed by atoms with Crippen LogP contribution in [0.15, 0.2) is 54.6 Å². The van der Waals surface area contributed by atoms with Gasteiger partial charge in [0.15, 0.2) is 0 Å². The molecule has 0 bridgehead atoms. The highest BCUT2D eigenvalue weighted by atomic mass is 35.5. The zero-order valence-electron chi connectivity index (χ0n) is 14.5. The van der Waals surface area contributed by atoms with Crippen molar-refractivity contribution in [2.24, 2.45) is 0 Å². The van der Waals surface area contributed by atoms with E-state index in [-0.39, 0.29) is 18.2 Å². The van der Waals surface area contributed by atoms with Crippen molar-refractivity contribution in [1.29, 1.82) is 0 Å². The topological polar surface area (TPSA) is 49.4 Å². The maximum absolute atomic E-state index is 12.8. The number of nitrogens with zero attached hydrogens (tertiary/aromatic N) is 1. The van der Waals surface area contributed by atoms with Crippen molar-refractivity contribution in [2.45, 2.75) is 25.8 Å². The minimum atomic E-state index is -0.538. The summed E-state index contributed by atoms with van der Waals surface area (Å²) in [5, 5.41) is 3.18. The molecular formula is C20H23ClN2O2. The molecule has 0 spiro atoms. The molecule has 5 heteroatoms. The van der Waals surface area contributed by atoms with E-state index in [1.54, 1.807) is 24.9 Å². The van der Waals surface area contributed by atoms with Gasteiger partial charge in [0.05, 0.1) is 6.42 Å². The Kier molecular flexibility index (Phi) is 7.02. The smallest absolute Gasteiger partial charge is 0.242 e. The molecule has 0 aliphatic heterocycles. The first-order chi connectivity index (χ1) is 12.0. The Morgan fingerprint density at radius 3 is 2.36 bits per heavy atom. The molecule has 0 radical (unpaired) electrons. The molecule has 0 aliphatic rings. The van der Waals surface area contributed by atoms with Gasteiger partial charge in [-0.05, 0) is 30.5 Å². The highest BCUT2D eigenvalue weighted by molar-refractivity contribution is 6.31. The number of hydrogen-bond acceptors (Lipinski definition) is 2. The molecule has 132 valence electrons. The van der Waals surface area contributed by atoms with Crippen LogP contribution in [0.1, 0.15) is 18.1 Å². The minimum Gasteiger partial charge on any atom is -0.357 e. The fraction of sp³-hybridized carbons (Fsp3) is 0.300. The Morgan fingerprint density at radius 1 is 1.08 bits per heavy atom. The summed E-state index contributed by atoms with van der Waals surface area (Å²) < 4.78 is 0. The van der Waals surface area contributed by atoms with Crippen LogP contribution in [0.2, 0.25) is 5.02 Å². The van der Waals surface area contributed by atoms with Crippen LogP contribution in [0, 0.1) is 0 Å². The van der Waals surface area contributed by atoms with Crippen molar-refractivity contribution in [2.75, 3.05) is 13.6 Å². The second kappa shape index (κ2) is 9.23. The largest absolute Gasteiger partial charge is 0.357 e. The zero-order valence-corrected chi connectivity index (χ0v) is 15.3. The SMILES string of the molecule is CNC(=O)C(C)N(CCc1ccccc1)C(=O)Cc1ccccc1Cl. The van der Waals surface area contributed by atoms with E-state index in [1.807, 2.05) is 48.5 Å². The fourth-order valence-electron chi connectivity index (χ4n) is 2.69. The molecule has 1 atom stereocenters. The number of benzene rings is 2. The Bertz CT molecular complexity index is 719. The normalized spacial score (nSPS) is 11.6. The summed E-state index contributed by atoms with van der Waals surface area (Å²) in [7, 11) is 1.58. The summed E-state index contributed by atoms with van der Waals surface area (Å²) in [4.78, 5) is 26.5. The van der Waals surface area contributed by atoms with Crippen molar-refractivity contribution in [3.8, 4) is 0 Å². The van der Waals surface area contributed by atoms with Crippen LogP contribution in [0.3, 0.4) is 0 Å². The van der Waals surface area contributed by atoms with E-state index < -0.39 is 6.04 Å². The van der Waals surface area contributed by atoms with Gasteiger partial charge in [0.1, 0.15) is 6.04 Å². The first kappa shape index (κ1) is 19.0. The third-order valence-electron chi connectivity index (χ3n) is 4.20. The van der Waals surface area contributed by atoms with E-state index in [2.05, 4.69) is 5.32 Å². The average molecular weight is 359 g/mol. The van der Waals surface area contributed by atoms with Gasteiger partial charge in [0.2, 0.25) is 11.8 Å². The molecular weight excluding hydrogens is 336 g/mol. The predicted molar refractivity (Wildman–Crippen MR) is 101 cm³/mol. The van der Waals surface area contributed by atoms with E-state index in [9.17, 15) is 9.59 Å². The summed E-state index contributed by atoms with van der Waals surface area (Å²) in [5.74, 6) is -0.291. The lowest BCUT2D eigenvalue weighted by atomic mass is 10.1. The molecule has 0 aliphatic carbocycles. The summed E-state index contributed by atoms with van der Waals surface area (Å²) in [6, 6.07) is 16.7. The quantitative estimate of drug-likeness (QED) is 0.826. The monoisotopic (exact) mass is 358 g/mol. The first-order valence-corrected chi connectivity index (χ1v) is 8.69. The van der Waals surface area contributed by atoms with Crippen LogP contribution in [0.4, 0.5) is 0 Å². The van der Waals surface area contributed by atoms with E-state index in [0.29, 0.717) is 18.0 Å². The van der Waals surface area contributed by atoms with Crippen LogP contribution in [0.5, 0.6) is 0 Å². The van der Waals surface area contributed by atoms with Crippen LogP contribution in [-0.2, 0) is 22.4 Å². The summed E-state index contributed by atoms with van der Waals surface area (Å²) >= 11 is 6.17. The molecule has 2 aromatic carbocycles. The van der Waals surface area contributed by atoms with Gasteiger partial charge < -0.3 is 10.2 Å². The number of likely N-dealkylation sites (N-methyl/N-ethyl adjacent to an activating group) is 1. The van der Waals surface area contributed by atoms with E-state index in [0.717, 1.165) is 11.1 Å². The third kappa shape index (κ3) is 5.33. The fourth-order valence-corrected chi connectivity index (χ4v) is 2.89. The molecule has 2 rings (SSSR count). The van der Waals surface area contributed by atoms with Crippen LogP contribution < -0.4 is 5.32 Å². The molecule has 1 N–H and O–H groups in total. The van der Waals surface area contributed by atoms with Crippen molar-refractivity contribution < 1.29 is 9.59 Å². The number of amides is 2. The first-order valence-electron chi connectivity index (χ1n) is 8.31. The Hall–Kier alpha value is -2.33. The van der Waals surface area contributed by atoms with Crippen molar-refractivity contribution >= 4 is 23.4 Å². The molecule has 0 heterocycles. The number of rotatable bonds is 7. The molecule has 0 saturated carbocycles. The second-order valence-electron chi connectivity index (χ2n) is 5.88. The van der Waals surface area contributed by atoms with Gasteiger partial charge >= 0.3 is 0 Å². The Morgan fingerprint density at radius 2 is 1.72 bits per heavy atom. The average Bonchev–Trinajstić information content (AvgIpc) is 2.63. The number of nitrogens with one attached hydrogen (secondary N) is 1. The van der Waals surface area contributed by atoms with Gasteiger partial charge in [-0.3, -0.25) is 9.59 Å². The molecule has 2 amide bonds. The zero-order chi connectivity index (χ0) is 18.2. The molecule has 0 fully saturated rings. The van der Waals surface area contributed by atoms with Crippen LogP contribution in [0.25, 0.3) is 0 Å². The standard InChI is InChI=1S/C20H23ClN2O2/c1-15(20(25)22-2)23(13-12-16-8-4-3-5-9-16)19(24)14-17-10-6-7-11-18(17)21/h3-11,15H,12-14H2,1-2H3,(H,22,25). The van der Waals surface area contributed by atoms with Crippen LogP contribution in [-0.4, -0.2) is 36.3 Å². The van der Waals surface area contributed by atoms with Crippen molar-refractivity contribution in [3.05, 3.63) is 70.7 Å². The summed E-state index contributed by atoms with van der Waals surface area (Å²) in [6.45, 7) is 2.22. The molecule has 25 heavy (non-hydrogen) atoms. The lowest BCUT2D eigenvalue weighted by Crippen LogP contribution is -2.48. The highest BCUT2D eigenvalue weighted by Gasteiger charge is 2.25. The second-order valence-corrected chi connectivity index (χ2v) is 6.29. The lowest BCUT2D eigenvalue weighted by Gasteiger charge is -2.28. The number of carbonyl (C=O) groups is 2. The van der Waals surface area contributed by atoms with Gasteiger partial charge in [0.25, 0.3) is 0 Å². The molecule has 0 saturated heterocycles. The highest BCUT2D eigenvalue weighted by Crippen LogP contribution is 2.17. The minimum absolute atomic E-state index is 0.111. The molecule has 2 aromatic rings. The summed E-state index contributed by atoms with van der Waals surface area (Å²) in [6.07, 6.45) is 0.867. The van der Waals surface area contributed by atoms with Gasteiger partial charge in [0, 0.05) is 18.6 Å². The van der Waals surface area contributed by atoms with Crippen molar-refractivity contribution in [1.82, 2.24) is 10.2 Å². The van der Waals surface area contributed by atoms with Gasteiger partial charge in [-0.1, -0.05) is 60.1 Å². The summed E-state index contributed by atoms with van der Waals surface area (Å²) in [5.41, 5.74) is 1.89. The van der Waals surface area contributed by atoms with Gasteiger partial charge in [-0.25, -0.2) is 0 Å². The Balaban J connectivity index is 2.13. The van der Waals surface area contributed by atoms with Gasteiger partial charge in [-0.2, -0.15) is 0 Å². The number of hydrogen-bond donors (Lipinski definition) is 1. The Labute approximate surface area is 153 Å². The van der Waals surface area contributed by atoms with E-state index in [1.165, 1.54) is 0 Å². The van der Waals surface area contributed by atoms with Crippen LogP contribution >= 0.6 is 11.6 Å².